The molecule has 2 rings (SSSR count). The number of rotatable bonds is 4. The van der Waals surface area contributed by atoms with Gasteiger partial charge in [-0.25, -0.2) is 4.98 Å². The van der Waals surface area contributed by atoms with E-state index in [4.69, 9.17) is 5.11 Å². The fourth-order valence-corrected chi connectivity index (χ4v) is 1.36. The van der Waals surface area contributed by atoms with Crippen molar-refractivity contribution in [3.8, 4) is 0 Å². The van der Waals surface area contributed by atoms with Crippen molar-refractivity contribution in [3.63, 3.8) is 0 Å². The van der Waals surface area contributed by atoms with E-state index in [1.54, 1.807) is 6.20 Å². The zero-order valence-electron chi connectivity index (χ0n) is 7.29. The standard InChI is InChI=1S/C9H12N2O2/c12-9(13)4-7-5-10-8(11-7)3-6-1-2-6/h5-6H,1-4H2,(H,10,11)(H,12,13). The van der Waals surface area contributed by atoms with E-state index < -0.39 is 5.97 Å². The maximum absolute atomic E-state index is 10.4. The lowest BCUT2D eigenvalue weighted by atomic mass is 10.3. The number of hydrogen-bond donors (Lipinski definition) is 2. The van der Waals surface area contributed by atoms with E-state index >= 15 is 0 Å². The van der Waals surface area contributed by atoms with E-state index in [1.165, 1.54) is 12.8 Å². The highest BCUT2D eigenvalue weighted by molar-refractivity contribution is 5.69. The molecule has 70 valence electrons. The van der Waals surface area contributed by atoms with Crippen LogP contribution in [0.5, 0.6) is 0 Å². The Hall–Kier alpha value is -1.32. The number of H-pyrrole nitrogens is 1. The molecule has 0 amide bonds. The molecule has 2 N–H and O–H groups in total. The Labute approximate surface area is 76.0 Å². The molecule has 0 radical (unpaired) electrons. The van der Waals surface area contributed by atoms with Gasteiger partial charge in [0.15, 0.2) is 0 Å². The van der Waals surface area contributed by atoms with Crippen LogP contribution in [0.2, 0.25) is 0 Å². The van der Waals surface area contributed by atoms with E-state index in [2.05, 4.69) is 9.97 Å². The number of carboxylic acid groups (broad SMARTS) is 1. The average Bonchev–Trinajstić information content (AvgIpc) is 2.73. The molecule has 1 aliphatic rings. The van der Waals surface area contributed by atoms with Crippen molar-refractivity contribution >= 4 is 5.97 Å². The smallest absolute Gasteiger partial charge is 0.309 e. The summed E-state index contributed by atoms with van der Waals surface area (Å²) < 4.78 is 0. The second-order valence-corrected chi connectivity index (χ2v) is 3.57. The molecule has 0 unspecified atom stereocenters. The van der Waals surface area contributed by atoms with Crippen molar-refractivity contribution in [3.05, 3.63) is 17.7 Å². The molecule has 1 aromatic heterocycles. The lowest BCUT2D eigenvalue weighted by molar-refractivity contribution is -0.136. The number of carbonyl (C=O) groups is 1. The number of aromatic nitrogens is 2. The van der Waals surface area contributed by atoms with Crippen molar-refractivity contribution in [1.29, 1.82) is 0 Å². The zero-order chi connectivity index (χ0) is 9.26. The van der Waals surface area contributed by atoms with Gasteiger partial charge in [0.1, 0.15) is 5.82 Å². The van der Waals surface area contributed by atoms with Gasteiger partial charge in [-0.2, -0.15) is 0 Å². The molecular weight excluding hydrogens is 168 g/mol. The molecule has 4 nitrogen and oxygen atoms in total. The van der Waals surface area contributed by atoms with Gasteiger partial charge in [-0.15, -0.1) is 0 Å². The molecule has 1 saturated carbocycles. The summed E-state index contributed by atoms with van der Waals surface area (Å²) in [7, 11) is 0. The van der Waals surface area contributed by atoms with Crippen molar-refractivity contribution in [2.24, 2.45) is 5.92 Å². The highest BCUT2D eigenvalue weighted by Gasteiger charge is 2.22. The van der Waals surface area contributed by atoms with Crippen LogP contribution in [0.3, 0.4) is 0 Å². The number of nitrogens with zero attached hydrogens (tertiary/aromatic N) is 1. The Kier molecular flexibility index (Phi) is 2.04. The van der Waals surface area contributed by atoms with Crippen LogP contribution in [0, 0.1) is 5.92 Å². The summed E-state index contributed by atoms with van der Waals surface area (Å²) in [5, 5.41) is 8.52. The first kappa shape index (κ1) is 8.29. The molecule has 0 atom stereocenters. The Morgan fingerprint density at radius 3 is 3.08 bits per heavy atom. The van der Waals surface area contributed by atoms with Crippen molar-refractivity contribution < 1.29 is 9.90 Å². The topological polar surface area (TPSA) is 66.0 Å². The SMILES string of the molecule is O=C(O)Cc1cnc(CC2CC2)[nH]1. The fraction of sp³-hybridized carbons (Fsp3) is 0.556. The third-order valence-electron chi connectivity index (χ3n) is 2.20. The van der Waals surface area contributed by atoms with Gasteiger partial charge < -0.3 is 10.1 Å². The Morgan fingerprint density at radius 2 is 2.46 bits per heavy atom. The number of aromatic amines is 1. The number of carboxylic acids is 1. The van der Waals surface area contributed by atoms with Crippen molar-refractivity contribution in [2.45, 2.75) is 25.7 Å². The van der Waals surface area contributed by atoms with Crippen LogP contribution in [0.15, 0.2) is 6.20 Å². The maximum atomic E-state index is 10.4. The summed E-state index contributed by atoms with van der Waals surface area (Å²) in [5.74, 6) is 0.893. The number of hydrogen-bond acceptors (Lipinski definition) is 2. The van der Waals surface area contributed by atoms with E-state index in [0.29, 0.717) is 5.69 Å². The van der Waals surface area contributed by atoms with Gasteiger partial charge in [-0.1, -0.05) is 0 Å². The first-order valence-electron chi connectivity index (χ1n) is 4.48. The highest BCUT2D eigenvalue weighted by Crippen LogP contribution is 2.31. The lowest BCUT2D eigenvalue weighted by Crippen LogP contribution is -2.00. The molecule has 0 aromatic carbocycles. The minimum absolute atomic E-state index is 0.0394. The second-order valence-electron chi connectivity index (χ2n) is 3.57. The number of imidazole rings is 1. The van der Waals surface area contributed by atoms with E-state index in [9.17, 15) is 4.79 Å². The predicted molar refractivity (Wildman–Crippen MR) is 46.4 cm³/mol. The normalized spacial score (nSPS) is 16.0. The second kappa shape index (κ2) is 3.20. The monoisotopic (exact) mass is 180 g/mol. The Balaban J connectivity index is 1.95. The fourth-order valence-electron chi connectivity index (χ4n) is 1.36. The molecular formula is C9H12N2O2. The van der Waals surface area contributed by atoms with Gasteiger partial charge in [0.2, 0.25) is 0 Å². The first-order valence-corrected chi connectivity index (χ1v) is 4.48. The maximum Gasteiger partial charge on any atom is 0.309 e. The molecule has 13 heavy (non-hydrogen) atoms. The molecule has 4 heteroatoms. The Morgan fingerprint density at radius 1 is 1.69 bits per heavy atom. The van der Waals surface area contributed by atoms with Gasteiger partial charge >= 0.3 is 5.97 Å². The zero-order valence-corrected chi connectivity index (χ0v) is 7.29. The largest absolute Gasteiger partial charge is 0.481 e. The van der Waals surface area contributed by atoms with Gasteiger partial charge in [-0.05, 0) is 18.8 Å². The van der Waals surface area contributed by atoms with Gasteiger partial charge in [-0.3, -0.25) is 4.79 Å². The third-order valence-corrected chi connectivity index (χ3v) is 2.20. The van der Waals surface area contributed by atoms with Crippen LogP contribution in [0.1, 0.15) is 24.4 Å². The molecule has 0 saturated heterocycles. The minimum Gasteiger partial charge on any atom is -0.481 e. The molecule has 1 aliphatic carbocycles. The highest BCUT2D eigenvalue weighted by atomic mass is 16.4. The first-order chi connectivity index (χ1) is 6.24. The van der Waals surface area contributed by atoms with Gasteiger partial charge in [0, 0.05) is 18.3 Å². The van der Waals surface area contributed by atoms with Crippen LogP contribution in [-0.4, -0.2) is 21.0 Å². The number of nitrogens with one attached hydrogen (secondary N) is 1. The van der Waals surface area contributed by atoms with E-state index in [0.717, 1.165) is 18.2 Å². The molecule has 0 spiro atoms. The minimum atomic E-state index is -0.818. The van der Waals surface area contributed by atoms with Gasteiger partial charge in [0.05, 0.1) is 6.42 Å². The molecule has 1 aromatic rings. The van der Waals surface area contributed by atoms with E-state index in [-0.39, 0.29) is 6.42 Å². The van der Waals surface area contributed by atoms with Crippen molar-refractivity contribution in [2.75, 3.05) is 0 Å². The summed E-state index contributed by atoms with van der Waals surface area (Å²) >= 11 is 0. The van der Waals surface area contributed by atoms with E-state index in [1.807, 2.05) is 0 Å². The quantitative estimate of drug-likeness (QED) is 0.726. The molecule has 0 bridgehead atoms. The predicted octanol–water partition coefficient (Wildman–Crippen LogP) is 0.989. The molecule has 0 aliphatic heterocycles. The third kappa shape index (κ3) is 2.31. The molecule has 1 heterocycles. The van der Waals surface area contributed by atoms with Crippen LogP contribution in [0.4, 0.5) is 0 Å². The molecule has 1 fully saturated rings. The summed E-state index contributed by atoms with van der Waals surface area (Å²) in [6.07, 6.45) is 5.20. The Bertz CT molecular complexity index is 315. The van der Waals surface area contributed by atoms with Crippen LogP contribution in [-0.2, 0) is 17.6 Å². The summed E-state index contributed by atoms with van der Waals surface area (Å²) in [6.45, 7) is 0. The number of aliphatic carboxylic acids is 1. The summed E-state index contributed by atoms with van der Waals surface area (Å²) in [4.78, 5) is 17.5. The summed E-state index contributed by atoms with van der Waals surface area (Å²) in [5.41, 5.74) is 0.697. The van der Waals surface area contributed by atoms with Crippen LogP contribution in [0.25, 0.3) is 0 Å². The van der Waals surface area contributed by atoms with Crippen LogP contribution >= 0.6 is 0 Å². The average molecular weight is 180 g/mol. The van der Waals surface area contributed by atoms with Crippen LogP contribution < -0.4 is 0 Å². The van der Waals surface area contributed by atoms with Crippen molar-refractivity contribution in [1.82, 2.24) is 9.97 Å². The summed E-state index contributed by atoms with van der Waals surface area (Å²) in [6, 6.07) is 0. The lowest BCUT2D eigenvalue weighted by Gasteiger charge is -1.92. The van der Waals surface area contributed by atoms with Gasteiger partial charge in [0.25, 0.3) is 0 Å².